The Labute approximate surface area is 106 Å². The van der Waals surface area contributed by atoms with Gasteiger partial charge in [0.15, 0.2) is 0 Å². The van der Waals surface area contributed by atoms with Gasteiger partial charge >= 0.3 is 0 Å². The van der Waals surface area contributed by atoms with E-state index in [2.05, 4.69) is 39.4 Å². The van der Waals surface area contributed by atoms with Crippen molar-refractivity contribution >= 4 is 15.9 Å². The van der Waals surface area contributed by atoms with Crippen LogP contribution in [0.3, 0.4) is 0 Å². The van der Waals surface area contributed by atoms with E-state index in [0.29, 0.717) is 0 Å². The first-order chi connectivity index (χ1) is 7.86. The fraction of sp³-hybridized carbons (Fsp3) is 0.571. The van der Waals surface area contributed by atoms with Crippen molar-refractivity contribution in [2.75, 3.05) is 6.54 Å². The van der Waals surface area contributed by atoms with Crippen LogP contribution in [0.25, 0.3) is 0 Å². The lowest BCUT2D eigenvalue weighted by Crippen LogP contribution is -2.31. The van der Waals surface area contributed by atoms with Crippen molar-refractivity contribution in [2.45, 2.75) is 44.1 Å². The number of nitrogens with one attached hydrogen (secondary N) is 1. The molecule has 1 saturated heterocycles. The Morgan fingerprint density at radius 1 is 1.19 bits per heavy atom. The third-order valence-electron chi connectivity index (χ3n) is 4.06. The molecule has 3 rings (SSSR count). The molecular weight excluding hydrogens is 262 g/mol. The van der Waals surface area contributed by atoms with Crippen LogP contribution >= 0.6 is 15.9 Å². The van der Waals surface area contributed by atoms with Gasteiger partial charge in [-0.2, -0.15) is 0 Å². The number of aryl methyl sites for hydroxylation is 1. The van der Waals surface area contributed by atoms with E-state index in [4.69, 9.17) is 0 Å². The van der Waals surface area contributed by atoms with Crippen molar-refractivity contribution < 1.29 is 0 Å². The molecule has 1 N–H and O–H groups in total. The van der Waals surface area contributed by atoms with Crippen LogP contribution in [-0.2, 0) is 6.42 Å². The molecule has 1 nitrogen and oxygen atoms in total. The van der Waals surface area contributed by atoms with E-state index in [0.717, 1.165) is 12.0 Å². The van der Waals surface area contributed by atoms with Gasteiger partial charge < -0.3 is 5.32 Å². The monoisotopic (exact) mass is 279 g/mol. The summed E-state index contributed by atoms with van der Waals surface area (Å²) in [5.41, 5.74) is 3.16. The predicted octanol–water partition coefficient (Wildman–Crippen LogP) is 3.62. The highest BCUT2D eigenvalue weighted by molar-refractivity contribution is 9.10. The molecule has 2 unspecified atom stereocenters. The van der Waals surface area contributed by atoms with Crippen LogP contribution < -0.4 is 5.32 Å². The van der Waals surface area contributed by atoms with Crippen molar-refractivity contribution in [1.82, 2.24) is 5.32 Å². The highest BCUT2D eigenvalue weighted by atomic mass is 79.9. The van der Waals surface area contributed by atoms with Crippen LogP contribution in [0.5, 0.6) is 0 Å². The van der Waals surface area contributed by atoms with Crippen molar-refractivity contribution in [2.24, 2.45) is 0 Å². The van der Waals surface area contributed by atoms with E-state index in [1.54, 1.807) is 11.1 Å². The normalized spacial score (nSPS) is 29.1. The van der Waals surface area contributed by atoms with E-state index in [-0.39, 0.29) is 0 Å². The Balaban J connectivity index is 1.98. The summed E-state index contributed by atoms with van der Waals surface area (Å²) in [5, 5.41) is 3.67. The Morgan fingerprint density at radius 3 is 2.94 bits per heavy atom. The molecule has 0 bridgehead atoms. The summed E-state index contributed by atoms with van der Waals surface area (Å²) < 4.78 is 1.32. The van der Waals surface area contributed by atoms with Gasteiger partial charge in [-0.05, 0) is 55.8 Å². The summed E-state index contributed by atoms with van der Waals surface area (Å²) in [7, 11) is 0. The summed E-state index contributed by atoms with van der Waals surface area (Å²) >= 11 is 3.74. The Hall–Kier alpha value is -0.340. The standard InChI is InChI=1S/C14H18BrN/c15-12-7-2-5-10-4-1-6-11(14(10)12)13-8-3-9-16-13/h2,5,7,11,13,16H,1,3-4,6,8-9H2. The van der Waals surface area contributed by atoms with Crippen LogP contribution in [0.2, 0.25) is 0 Å². The van der Waals surface area contributed by atoms with Gasteiger partial charge in [-0.15, -0.1) is 0 Å². The zero-order valence-corrected chi connectivity index (χ0v) is 11.1. The molecule has 0 radical (unpaired) electrons. The van der Waals surface area contributed by atoms with E-state index in [9.17, 15) is 0 Å². The molecule has 16 heavy (non-hydrogen) atoms. The lowest BCUT2D eigenvalue weighted by molar-refractivity contribution is 0.431. The van der Waals surface area contributed by atoms with E-state index in [1.807, 2.05) is 0 Å². The minimum absolute atomic E-state index is 0.720. The molecule has 2 atom stereocenters. The maximum atomic E-state index is 3.74. The van der Waals surface area contributed by atoms with Crippen LogP contribution in [0.15, 0.2) is 22.7 Å². The van der Waals surface area contributed by atoms with Crippen molar-refractivity contribution in [3.05, 3.63) is 33.8 Å². The third-order valence-corrected chi connectivity index (χ3v) is 4.75. The van der Waals surface area contributed by atoms with Gasteiger partial charge in [0.2, 0.25) is 0 Å². The second-order valence-electron chi connectivity index (χ2n) is 5.01. The molecule has 1 heterocycles. The summed E-state index contributed by atoms with van der Waals surface area (Å²) in [6.07, 6.45) is 6.67. The summed E-state index contributed by atoms with van der Waals surface area (Å²) in [4.78, 5) is 0. The molecule has 1 aromatic rings. The lowest BCUT2D eigenvalue weighted by Gasteiger charge is -2.31. The quantitative estimate of drug-likeness (QED) is 0.828. The molecule has 86 valence electrons. The number of hydrogen-bond acceptors (Lipinski definition) is 1. The second kappa shape index (κ2) is 4.50. The Kier molecular flexibility index (Phi) is 3.03. The van der Waals surface area contributed by atoms with Gasteiger partial charge in [0, 0.05) is 16.4 Å². The van der Waals surface area contributed by atoms with Gasteiger partial charge in [0.05, 0.1) is 0 Å². The molecule has 0 saturated carbocycles. The van der Waals surface area contributed by atoms with Gasteiger partial charge in [0.25, 0.3) is 0 Å². The average Bonchev–Trinajstić information content (AvgIpc) is 2.82. The number of hydrogen-bond donors (Lipinski definition) is 1. The molecule has 1 fully saturated rings. The van der Waals surface area contributed by atoms with Crippen LogP contribution in [0.4, 0.5) is 0 Å². The average molecular weight is 280 g/mol. The third kappa shape index (κ3) is 1.82. The molecular formula is C14H18BrN. The summed E-state index contributed by atoms with van der Waals surface area (Å²) in [5.74, 6) is 0.738. The Bertz CT molecular complexity index is 382. The number of fused-ring (bicyclic) bond motifs is 1. The predicted molar refractivity (Wildman–Crippen MR) is 70.8 cm³/mol. The number of halogens is 1. The molecule has 1 aliphatic carbocycles. The molecule has 0 aromatic heterocycles. The Morgan fingerprint density at radius 2 is 2.12 bits per heavy atom. The SMILES string of the molecule is Brc1cccc2c1C(C1CCCN1)CCC2. The zero-order valence-electron chi connectivity index (χ0n) is 9.51. The topological polar surface area (TPSA) is 12.0 Å². The van der Waals surface area contributed by atoms with Gasteiger partial charge in [-0.1, -0.05) is 28.1 Å². The minimum Gasteiger partial charge on any atom is -0.313 e. The van der Waals surface area contributed by atoms with Crippen LogP contribution in [0.1, 0.15) is 42.7 Å². The second-order valence-corrected chi connectivity index (χ2v) is 5.87. The van der Waals surface area contributed by atoms with Crippen molar-refractivity contribution in [3.8, 4) is 0 Å². The molecule has 0 amide bonds. The number of rotatable bonds is 1. The summed E-state index contributed by atoms with van der Waals surface area (Å²) in [6, 6.07) is 7.40. The van der Waals surface area contributed by atoms with E-state index in [1.165, 1.54) is 43.1 Å². The summed E-state index contributed by atoms with van der Waals surface area (Å²) in [6.45, 7) is 1.21. The van der Waals surface area contributed by atoms with Crippen molar-refractivity contribution in [1.29, 1.82) is 0 Å². The fourth-order valence-electron chi connectivity index (χ4n) is 3.33. The smallest absolute Gasteiger partial charge is 0.0213 e. The molecule has 0 spiro atoms. The largest absolute Gasteiger partial charge is 0.313 e. The molecule has 2 aliphatic rings. The molecule has 1 aromatic carbocycles. The zero-order chi connectivity index (χ0) is 11.0. The van der Waals surface area contributed by atoms with Gasteiger partial charge in [-0.25, -0.2) is 0 Å². The first-order valence-corrected chi connectivity index (χ1v) is 7.16. The highest BCUT2D eigenvalue weighted by Gasteiger charge is 2.30. The van der Waals surface area contributed by atoms with Gasteiger partial charge in [-0.3, -0.25) is 0 Å². The molecule has 2 heteroatoms. The highest BCUT2D eigenvalue weighted by Crippen LogP contribution is 2.40. The maximum Gasteiger partial charge on any atom is 0.0213 e. The molecule has 1 aliphatic heterocycles. The van der Waals surface area contributed by atoms with Gasteiger partial charge in [0.1, 0.15) is 0 Å². The van der Waals surface area contributed by atoms with Crippen LogP contribution in [-0.4, -0.2) is 12.6 Å². The number of benzene rings is 1. The van der Waals surface area contributed by atoms with Crippen molar-refractivity contribution in [3.63, 3.8) is 0 Å². The maximum absolute atomic E-state index is 3.74. The lowest BCUT2D eigenvalue weighted by atomic mass is 9.78. The van der Waals surface area contributed by atoms with Crippen LogP contribution in [0, 0.1) is 0 Å². The van der Waals surface area contributed by atoms with E-state index < -0.39 is 0 Å². The minimum atomic E-state index is 0.720. The first kappa shape index (κ1) is 10.8. The van der Waals surface area contributed by atoms with E-state index >= 15 is 0 Å². The fourth-order valence-corrected chi connectivity index (χ4v) is 4.03. The first-order valence-electron chi connectivity index (χ1n) is 6.37.